The van der Waals surface area contributed by atoms with E-state index in [4.69, 9.17) is 16.3 Å². The van der Waals surface area contributed by atoms with Crippen molar-refractivity contribution in [3.8, 4) is 5.75 Å². The Kier molecular flexibility index (Phi) is 6.43. The number of nitro groups is 1. The highest BCUT2D eigenvalue weighted by molar-refractivity contribution is 9.10. The Balaban J connectivity index is 2.54. The maximum absolute atomic E-state index is 10.7. The molecule has 0 N–H and O–H groups in total. The molecule has 18 heavy (non-hydrogen) atoms. The van der Waals surface area contributed by atoms with Gasteiger partial charge in [0.2, 0.25) is 0 Å². The van der Waals surface area contributed by atoms with Gasteiger partial charge in [-0.15, -0.1) is 11.6 Å². The van der Waals surface area contributed by atoms with Gasteiger partial charge in [0.05, 0.1) is 17.6 Å². The van der Waals surface area contributed by atoms with Gasteiger partial charge in [-0.25, -0.2) is 0 Å². The van der Waals surface area contributed by atoms with E-state index in [1.807, 2.05) is 0 Å². The Hall–Kier alpha value is -0.810. The van der Waals surface area contributed by atoms with Crippen LogP contribution in [-0.4, -0.2) is 17.4 Å². The fourth-order valence-corrected chi connectivity index (χ4v) is 2.28. The molecule has 0 bridgehead atoms. The smallest absolute Gasteiger partial charge is 0.274 e. The van der Waals surface area contributed by atoms with E-state index < -0.39 is 4.92 Å². The van der Waals surface area contributed by atoms with Crippen molar-refractivity contribution in [3.63, 3.8) is 0 Å². The topological polar surface area (TPSA) is 52.4 Å². The zero-order valence-corrected chi connectivity index (χ0v) is 12.4. The zero-order valence-electron chi connectivity index (χ0n) is 10.1. The number of nitrogens with zero attached hydrogens (tertiary/aromatic N) is 1. The molecular weight excluding hydrogens is 321 g/mol. The highest BCUT2D eigenvalue weighted by atomic mass is 79.9. The van der Waals surface area contributed by atoms with Crippen LogP contribution >= 0.6 is 27.5 Å². The molecule has 1 aromatic rings. The number of alkyl halides is 1. The summed E-state index contributed by atoms with van der Waals surface area (Å²) in [5.74, 6) is 1.64. The van der Waals surface area contributed by atoms with Crippen LogP contribution in [0.25, 0.3) is 0 Å². The Morgan fingerprint density at radius 1 is 1.44 bits per heavy atom. The summed E-state index contributed by atoms with van der Waals surface area (Å²) in [4.78, 5) is 10.3. The second kappa shape index (κ2) is 7.59. The molecule has 1 rings (SSSR count). The van der Waals surface area contributed by atoms with Crippen LogP contribution < -0.4 is 4.74 Å². The number of halogens is 2. The van der Waals surface area contributed by atoms with E-state index in [-0.39, 0.29) is 5.69 Å². The van der Waals surface area contributed by atoms with Crippen LogP contribution in [0.3, 0.4) is 0 Å². The number of non-ortho nitro benzene ring substituents is 1. The van der Waals surface area contributed by atoms with Crippen molar-refractivity contribution in [2.24, 2.45) is 5.92 Å². The van der Waals surface area contributed by atoms with Crippen molar-refractivity contribution in [2.75, 3.05) is 12.5 Å². The van der Waals surface area contributed by atoms with Gasteiger partial charge in [-0.1, -0.05) is 22.9 Å². The van der Waals surface area contributed by atoms with Crippen LogP contribution in [0.1, 0.15) is 19.8 Å². The second-order valence-corrected chi connectivity index (χ2v) is 5.42. The lowest BCUT2D eigenvalue weighted by atomic mass is 10.1. The molecule has 0 aliphatic heterocycles. The van der Waals surface area contributed by atoms with Gasteiger partial charge >= 0.3 is 0 Å². The van der Waals surface area contributed by atoms with E-state index in [1.54, 1.807) is 6.07 Å². The summed E-state index contributed by atoms with van der Waals surface area (Å²) in [6.07, 6.45) is 1.83. The lowest BCUT2D eigenvalue weighted by Gasteiger charge is -2.11. The second-order valence-electron chi connectivity index (χ2n) is 4.12. The molecule has 0 amide bonds. The van der Waals surface area contributed by atoms with Gasteiger partial charge in [0.15, 0.2) is 0 Å². The number of hydrogen-bond acceptors (Lipinski definition) is 3. The van der Waals surface area contributed by atoms with Crippen molar-refractivity contribution in [1.29, 1.82) is 0 Å². The number of ether oxygens (including phenoxy) is 1. The van der Waals surface area contributed by atoms with E-state index >= 15 is 0 Å². The van der Waals surface area contributed by atoms with Crippen LogP contribution in [0, 0.1) is 16.0 Å². The van der Waals surface area contributed by atoms with Crippen molar-refractivity contribution in [1.82, 2.24) is 0 Å². The first-order chi connectivity index (χ1) is 8.52. The molecule has 1 unspecified atom stereocenters. The minimum absolute atomic E-state index is 0.0215. The molecule has 0 aliphatic carbocycles. The van der Waals surface area contributed by atoms with Crippen LogP contribution in [0.15, 0.2) is 22.7 Å². The normalized spacial score (nSPS) is 12.2. The Labute approximate surface area is 120 Å². The van der Waals surface area contributed by atoms with E-state index in [2.05, 4.69) is 22.9 Å². The van der Waals surface area contributed by atoms with Crippen molar-refractivity contribution < 1.29 is 9.66 Å². The molecule has 0 aliphatic rings. The van der Waals surface area contributed by atoms with Crippen LogP contribution in [0.5, 0.6) is 5.75 Å². The zero-order chi connectivity index (χ0) is 13.5. The molecule has 0 saturated carbocycles. The number of nitro benzene ring substituents is 1. The van der Waals surface area contributed by atoms with Gasteiger partial charge in [0.25, 0.3) is 5.69 Å². The van der Waals surface area contributed by atoms with Crippen molar-refractivity contribution in [2.45, 2.75) is 19.8 Å². The standard InChI is InChI=1S/C12H15BrClNO3/c1-9(2-4-14)3-5-18-12-7-10(13)6-11(8-12)15(16)17/h6-9H,2-5H2,1H3. The fraction of sp³-hybridized carbons (Fsp3) is 0.500. The molecule has 0 spiro atoms. The van der Waals surface area contributed by atoms with Gasteiger partial charge in [-0.2, -0.15) is 0 Å². The fourth-order valence-electron chi connectivity index (χ4n) is 1.45. The van der Waals surface area contributed by atoms with Crippen molar-refractivity contribution in [3.05, 3.63) is 32.8 Å². The summed E-state index contributed by atoms with van der Waals surface area (Å²) in [7, 11) is 0. The quantitative estimate of drug-likeness (QED) is 0.421. The monoisotopic (exact) mass is 335 g/mol. The molecule has 1 atom stereocenters. The van der Waals surface area contributed by atoms with Gasteiger partial charge in [-0.3, -0.25) is 10.1 Å². The third kappa shape index (κ3) is 5.23. The molecule has 0 fully saturated rings. The SMILES string of the molecule is CC(CCCl)CCOc1cc(Br)cc([N+](=O)[O-])c1. The number of benzene rings is 1. The van der Waals surface area contributed by atoms with E-state index in [0.717, 1.165) is 12.8 Å². The van der Waals surface area contributed by atoms with Gasteiger partial charge in [-0.05, 0) is 24.8 Å². The molecule has 4 nitrogen and oxygen atoms in total. The maximum atomic E-state index is 10.7. The number of hydrogen-bond donors (Lipinski definition) is 0. The van der Waals surface area contributed by atoms with Crippen LogP contribution in [0.4, 0.5) is 5.69 Å². The first kappa shape index (κ1) is 15.2. The molecule has 100 valence electrons. The molecule has 0 radical (unpaired) electrons. The molecule has 1 aromatic carbocycles. The van der Waals surface area contributed by atoms with Crippen LogP contribution in [-0.2, 0) is 0 Å². The Morgan fingerprint density at radius 2 is 2.17 bits per heavy atom. The maximum Gasteiger partial charge on any atom is 0.274 e. The summed E-state index contributed by atoms with van der Waals surface area (Å²) in [6, 6.07) is 4.60. The lowest BCUT2D eigenvalue weighted by molar-refractivity contribution is -0.385. The highest BCUT2D eigenvalue weighted by Crippen LogP contribution is 2.26. The largest absolute Gasteiger partial charge is 0.493 e. The summed E-state index contributed by atoms with van der Waals surface area (Å²) in [6.45, 7) is 2.64. The van der Waals surface area contributed by atoms with Gasteiger partial charge in [0, 0.05) is 16.4 Å². The first-order valence-corrected chi connectivity index (χ1v) is 6.99. The highest BCUT2D eigenvalue weighted by Gasteiger charge is 2.10. The average molecular weight is 337 g/mol. The lowest BCUT2D eigenvalue weighted by Crippen LogP contribution is -2.05. The summed E-state index contributed by atoms with van der Waals surface area (Å²) in [5.41, 5.74) is 0.0215. The summed E-state index contributed by atoms with van der Waals surface area (Å²) in [5, 5.41) is 10.7. The molecule has 0 saturated heterocycles. The minimum Gasteiger partial charge on any atom is -0.493 e. The summed E-state index contributed by atoms with van der Waals surface area (Å²) < 4.78 is 6.16. The Morgan fingerprint density at radius 3 is 2.78 bits per heavy atom. The molecular formula is C12H15BrClNO3. The summed E-state index contributed by atoms with van der Waals surface area (Å²) >= 11 is 8.87. The van der Waals surface area contributed by atoms with E-state index in [9.17, 15) is 10.1 Å². The minimum atomic E-state index is -0.437. The molecule has 0 aromatic heterocycles. The third-order valence-electron chi connectivity index (χ3n) is 2.55. The predicted octanol–water partition coefficient (Wildman–Crippen LogP) is 4.39. The van der Waals surface area contributed by atoms with Crippen LogP contribution in [0.2, 0.25) is 0 Å². The van der Waals surface area contributed by atoms with E-state index in [0.29, 0.717) is 28.6 Å². The average Bonchev–Trinajstić information content (AvgIpc) is 2.28. The Bertz CT molecular complexity index is 414. The number of rotatable bonds is 7. The molecule has 0 heterocycles. The van der Waals surface area contributed by atoms with Gasteiger partial charge < -0.3 is 4.74 Å². The van der Waals surface area contributed by atoms with E-state index in [1.165, 1.54) is 12.1 Å². The third-order valence-corrected chi connectivity index (χ3v) is 3.22. The molecule has 6 heteroatoms. The predicted molar refractivity (Wildman–Crippen MR) is 75.4 cm³/mol. The van der Waals surface area contributed by atoms with Crippen molar-refractivity contribution >= 4 is 33.2 Å². The first-order valence-electron chi connectivity index (χ1n) is 5.66. The van der Waals surface area contributed by atoms with Gasteiger partial charge in [0.1, 0.15) is 5.75 Å².